The Morgan fingerprint density at radius 3 is 2.16 bits per heavy atom. The Hall–Kier alpha value is -4.66. The summed E-state index contributed by atoms with van der Waals surface area (Å²) in [7, 11) is 0. The van der Waals surface area contributed by atoms with Crippen LogP contribution < -0.4 is 19.9 Å². The van der Waals surface area contributed by atoms with Gasteiger partial charge < -0.3 is 29.2 Å². The fraction of sp³-hybridized carbons (Fsp3) is 0.222. The van der Waals surface area contributed by atoms with Gasteiger partial charge in [0, 0.05) is 47.7 Å². The number of nitrogens with zero attached hydrogens (tertiary/aromatic N) is 4. The van der Waals surface area contributed by atoms with E-state index in [1.54, 1.807) is 0 Å². The quantitative estimate of drug-likeness (QED) is 0.197. The van der Waals surface area contributed by atoms with E-state index in [1.165, 1.54) is 22.6 Å². The Morgan fingerprint density at radius 2 is 1.45 bits per heavy atom. The lowest BCUT2D eigenvalue weighted by atomic mass is 9.96. The highest BCUT2D eigenvalue weighted by Gasteiger charge is 2.42. The number of aromatic nitrogens is 2. The maximum absolute atomic E-state index is 6.07. The minimum absolute atomic E-state index is 0.106. The van der Waals surface area contributed by atoms with Crippen molar-refractivity contribution < 1.29 is 9.47 Å². The van der Waals surface area contributed by atoms with Gasteiger partial charge in [-0.1, -0.05) is 24.3 Å². The Kier molecular flexibility index (Phi) is 7.77. The van der Waals surface area contributed by atoms with Crippen LogP contribution in [0.2, 0.25) is 0 Å². The van der Waals surface area contributed by atoms with Crippen molar-refractivity contribution in [3.05, 3.63) is 132 Å². The molecule has 3 aromatic carbocycles. The molecular formula is C36H35N5O2S. The molecule has 2 aromatic heterocycles. The van der Waals surface area contributed by atoms with E-state index in [0.29, 0.717) is 5.11 Å². The number of hydrogen-bond donors (Lipinski definition) is 1. The number of hydrogen-bond acceptors (Lipinski definition) is 5. The molecule has 7 nitrogen and oxygen atoms in total. The predicted octanol–water partition coefficient (Wildman–Crippen LogP) is 7.30. The molecular weight excluding hydrogens is 566 g/mol. The molecule has 0 amide bonds. The Balaban J connectivity index is 1.24. The van der Waals surface area contributed by atoms with E-state index < -0.39 is 0 Å². The van der Waals surface area contributed by atoms with Crippen molar-refractivity contribution in [2.45, 2.75) is 25.9 Å². The molecule has 2 saturated heterocycles. The molecule has 2 aliphatic heterocycles. The lowest BCUT2D eigenvalue weighted by Crippen LogP contribution is -2.36. The Labute approximate surface area is 263 Å². The molecule has 4 heterocycles. The summed E-state index contributed by atoms with van der Waals surface area (Å²) in [6.45, 7) is 7.75. The van der Waals surface area contributed by atoms with Gasteiger partial charge in [0.2, 0.25) is 0 Å². The molecule has 0 radical (unpaired) electrons. The number of benzene rings is 3. The summed E-state index contributed by atoms with van der Waals surface area (Å²) in [5.41, 5.74) is 7.85. The van der Waals surface area contributed by atoms with Gasteiger partial charge >= 0.3 is 0 Å². The molecule has 0 unspecified atom stereocenters. The molecule has 5 aromatic rings. The van der Waals surface area contributed by atoms with E-state index in [-0.39, 0.29) is 12.1 Å². The van der Waals surface area contributed by atoms with Gasteiger partial charge in [0.1, 0.15) is 11.5 Å². The Bertz CT molecular complexity index is 1730. The number of aryl methyl sites for hydroxylation is 1. The maximum atomic E-state index is 6.07. The minimum atomic E-state index is -0.124. The lowest BCUT2D eigenvalue weighted by molar-refractivity contribution is 0.122. The minimum Gasteiger partial charge on any atom is -0.457 e. The highest BCUT2D eigenvalue weighted by atomic mass is 32.1. The zero-order chi connectivity index (χ0) is 30.0. The lowest BCUT2D eigenvalue weighted by Gasteiger charge is -2.29. The average Bonchev–Trinajstić information content (AvgIpc) is 3.57. The van der Waals surface area contributed by atoms with Crippen molar-refractivity contribution in [2.75, 3.05) is 36.1 Å². The average molecular weight is 602 g/mol. The molecule has 2 fully saturated rings. The second-order valence-corrected chi connectivity index (χ2v) is 11.6. The molecule has 0 spiro atoms. The van der Waals surface area contributed by atoms with E-state index >= 15 is 0 Å². The first-order chi connectivity index (χ1) is 21.6. The molecule has 0 saturated carbocycles. The first-order valence-electron chi connectivity index (χ1n) is 15.0. The maximum Gasteiger partial charge on any atom is 0.174 e. The summed E-state index contributed by atoms with van der Waals surface area (Å²) in [6, 6.07) is 34.9. The van der Waals surface area contributed by atoms with Gasteiger partial charge in [0.05, 0.1) is 31.0 Å². The monoisotopic (exact) mass is 601 g/mol. The molecule has 0 aliphatic carbocycles. The van der Waals surface area contributed by atoms with Gasteiger partial charge in [-0.2, -0.15) is 0 Å². The third-order valence-corrected chi connectivity index (χ3v) is 8.78. The zero-order valence-corrected chi connectivity index (χ0v) is 25.7. The summed E-state index contributed by atoms with van der Waals surface area (Å²) in [5, 5.41) is 4.27. The summed E-state index contributed by atoms with van der Waals surface area (Å²) in [5.74, 6) is 1.58. The van der Waals surface area contributed by atoms with Crippen LogP contribution in [0.4, 0.5) is 11.4 Å². The van der Waals surface area contributed by atoms with Crippen LogP contribution in [0.15, 0.2) is 109 Å². The van der Waals surface area contributed by atoms with Crippen LogP contribution in [0.3, 0.4) is 0 Å². The largest absolute Gasteiger partial charge is 0.457 e. The van der Waals surface area contributed by atoms with E-state index in [9.17, 15) is 0 Å². The number of morpholine rings is 1. The molecule has 8 heteroatoms. The number of thiocarbonyl (C=S) groups is 1. The number of anilines is 2. The molecule has 222 valence electrons. The highest BCUT2D eigenvalue weighted by molar-refractivity contribution is 7.80. The highest BCUT2D eigenvalue weighted by Crippen LogP contribution is 2.44. The van der Waals surface area contributed by atoms with Gasteiger partial charge in [-0.15, -0.1) is 0 Å². The fourth-order valence-electron chi connectivity index (χ4n) is 6.37. The molecule has 2 aliphatic rings. The van der Waals surface area contributed by atoms with Crippen LogP contribution in [-0.4, -0.2) is 41.0 Å². The van der Waals surface area contributed by atoms with Crippen molar-refractivity contribution in [1.29, 1.82) is 0 Å². The second-order valence-electron chi connectivity index (χ2n) is 11.2. The molecule has 1 N–H and O–H groups in total. The smallest absolute Gasteiger partial charge is 0.174 e. The van der Waals surface area contributed by atoms with Gasteiger partial charge in [0.15, 0.2) is 5.11 Å². The first-order valence-corrected chi connectivity index (χ1v) is 15.4. The standard InChI is InChI=1S/C36H35N5O2S/c1-25-24-32(26(2)40(25)28-13-11-27(12-14-28)39-20-22-42-23-21-39)35-34(33-10-6-7-19-37-33)38-36(44)41(35)29-15-17-31(18-16-29)43-30-8-4-3-5-9-30/h3-19,24,34-35H,20-23H2,1-2H3,(H,38,44)/t34-,35-/m1/s1. The predicted molar refractivity (Wildman–Crippen MR) is 179 cm³/mol. The first kappa shape index (κ1) is 28.1. The van der Waals surface area contributed by atoms with Crippen molar-refractivity contribution in [1.82, 2.24) is 14.9 Å². The van der Waals surface area contributed by atoms with Gasteiger partial charge in [-0.25, -0.2) is 0 Å². The Morgan fingerprint density at radius 1 is 0.795 bits per heavy atom. The second kappa shape index (κ2) is 12.1. The molecule has 0 bridgehead atoms. The number of para-hydroxylation sites is 1. The van der Waals surface area contributed by atoms with Gasteiger partial charge in [-0.05, 0) is 110 Å². The summed E-state index contributed by atoms with van der Waals surface area (Å²) in [4.78, 5) is 9.34. The third kappa shape index (κ3) is 5.42. The van der Waals surface area contributed by atoms with Crippen molar-refractivity contribution in [2.24, 2.45) is 0 Å². The third-order valence-electron chi connectivity index (χ3n) is 8.46. The normalized spacial score (nSPS) is 18.4. The number of pyridine rings is 1. The van der Waals surface area contributed by atoms with E-state index in [4.69, 9.17) is 26.7 Å². The van der Waals surface area contributed by atoms with Crippen LogP contribution in [0.25, 0.3) is 5.69 Å². The van der Waals surface area contributed by atoms with Gasteiger partial charge in [-0.3, -0.25) is 4.98 Å². The zero-order valence-electron chi connectivity index (χ0n) is 24.9. The van der Waals surface area contributed by atoms with Crippen LogP contribution >= 0.6 is 12.2 Å². The number of nitrogens with one attached hydrogen (secondary N) is 1. The van der Waals surface area contributed by atoms with Crippen LogP contribution in [0, 0.1) is 13.8 Å². The van der Waals surface area contributed by atoms with E-state index in [1.807, 2.05) is 60.8 Å². The van der Waals surface area contributed by atoms with Crippen LogP contribution in [0.1, 0.15) is 34.7 Å². The summed E-state index contributed by atoms with van der Waals surface area (Å²) >= 11 is 6.00. The molecule has 7 rings (SSSR count). The summed E-state index contributed by atoms with van der Waals surface area (Å²) < 4.78 is 13.9. The molecule has 2 atom stereocenters. The summed E-state index contributed by atoms with van der Waals surface area (Å²) in [6.07, 6.45) is 1.84. The van der Waals surface area contributed by atoms with Crippen molar-refractivity contribution >= 4 is 28.7 Å². The van der Waals surface area contributed by atoms with E-state index in [2.05, 4.69) is 82.1 Å². The number of ether oxygens (including phenoxy) is 2. The van der Waals surface area contributed by atoms with Crippen LogP contribution in [-0.2, 0) is 4.74 Å². The topological polar surface area (TPSA) is 54.8 Å². The van der Waals surface area contributed by atoms with Crippen molar-refractivity contribution in [3.63, 3.8) is 0 Å². The van der Waals surface area contributed by atoms with Crippen molar-refractivity contribution in [3.8, 4) is 17.2 Å². The van der Waals surface area contributed by atoms with Crippen LogP contribution in [0.5, 0.6) is 11.5 Å². The fourth-order valence-corrected chi connectivity index (χ4v) is 6.71. The van der Waals surface area contributed by atoms with Gasteiger partial charge in [0.25, 0.3) is 0 Å². The SMILES string of the molecule is Cc1cc([C@@H]2[C@@H](c3ccccn3)NC(=S)N2c2ccc(Oc3ccccc3)cc2)c(C)n1-c1ccc(N2CCOCC2)cc1. The van der Waals surface area contributed by atoms with E-state index in [0.717, 1.165) is 54.9 Å². The number of rotatable bonds is 7. The molecule has 44 heavy (non-hydrogen) atoms.